The zero-order valence-corrected chi connectivity index (χ0v) is 14.9. The van der Waals surface area contributed by atoms with E-state index in [2.05, 4.69) is 0 Å². The first-order valence-electron chi connectivity index (χ1n) is 8.21. The summed E-state index contributed by atoms with van der Waals surface area (Å²) in [6.45, 7) is 7.76. The summed E-state index contributed by atoms with van der Waals surface area (Å²) in [5, 5.41) is 0.698. The SMILES string of the molecule is CC1(C)OB(C(F)=C2CCCC2c2ccc(Cl)cc2)OC1(C)C. The lowest BCUT2D eigenvalue weighted by molar-refractivity contribution is 0.00578. The van der Waals surface area contributed by atoms with E-state index in [1.807, 2.05) is 52.0 Å². The summed E-state index contributed by atoms with van der Waals surface area (Å²) >= 11 is 5.96. The smallest absolute Gasteiger partial charge is 0.398 e. The molecule has 1 atom stereocenters. The molecule has 0 radical (unpaired) electrons. The fraction of sp³-hybridized carbons (Fsp3) is 0.556. The van der Waals surface area contributed by atoms with E-state index in [0.29, 0.717) is 5.02 Å². The summed E-state index contributed by atoms with van der Waals surface area (Å²) in [7, 11) is -0.900. The van der Waals surface area contributed by atoms with Crippen LogP contribution in [0.3, 0.4) is 0 Å². The third-order valence-corrected chi connectivity index (χ3v) is 5.65. The maximum absolute atomic E-state index is 15.1. The summed E-state index contributed by atoms with van der Waals surface area (Å²) in [5.74, 6) is 0.0892. The standard InChI is InChI=1S/C18H23BClFO2/c1-17(2)18(3,4)23-19(22-17)16(21)15-7-5-6-14(15)12-8-10-13(20)11-9-12/h8-11,14H,5-7H2,1-4H3. The molecule has 0 amide bonds. The minimum Gasteiger partial charge on any atom is -0.398 e. The molecular formula is C18H23BClFO2. The largest absolute Gasteiger partial charge is 0.525 e. The van der Waals surface area contributed by atoms with E-state index >= 15 is 4.39 Å². The van der Waals surface area contributed by atoms with Crippen molar-refractivity contribution in [3.8, 4) is 0 Å². The molecular weight excluding hydrogens is 313 g/mol. The lowest BCUT2D eigenvalue weighted by atomic mass is 9.80. The predicted molar refractivity (Wildman–Crippen MR) is 92.3 cm³/mol. The van der Waals surface area contributed by atoms with Crippen molar-refractivity contribution >= 4 is 18.7 Å². The molecule has 2 aliphatic rings. The number of halogens is 2. The van der Waals surface area contributed by atoms with Crippen LogP contribution in [0.1, 0.15) is 58.4 Å². The van der Waals surface area contributed by atoms with Crippen molar-refractivity contribution < 1.29 is 13.7 Å². The van der Waals surface area contributed by atoms with E-state index in [9.17, 15) is 0 Å². The summed E-state index contributed by atoms with van der Waals surface area (Å²) in [4.78, 5) is 0. The van der Waals surface area contributed by atoms with Crippen LogP contribution in [0.2, 0.25) is 5.02 Å². The van der Waals surface area contributed by atoms with Crippen LogP contribution in [0.15, 0.2) is 35.6 Å². The number of hydrogen-bond donors (Lipinski definition) is 0. The summed E-state index contributed by atoms with van der Waals surface area (Å²) in [6, 6.07) is 7.69. The van der Waals surface area contributed by atoms with Crippen molar-refractivity contribution in [1.29, 1.82) is 0 Å². The van der Waals surface area contributed by atoms with Gasteiger partial charge in [-0.25, -0.2) is 4.39 Å². The zero-order chi connectivity index (χ0) is 16.8. The van der Waals surface area contributed by atoms with Crippen LogP contribution in [-0.2, 0) is 9.31 Å². The number of allylic oxidation sites excluding steroid dienone is 1. The minimum atomic E-state index is -0.900. The lowest BCUT2D eigenvalue weighted by Crippen LogP contribution is -2.41. The molecule has 1 aromatic rings. The van der Waals surface area contributed by atoms with Gasteiger partial charge in [-0.3, -0.25) is 0 Å². The average Bonchev–Trinajstić information content (AvgIpc) is 3.02. The topological polar surface area (TPSA) is 18.5 Å². The highest BCUT2D eigenvalue weighted by Gasteiger charge is 2.54. The van der Waals surface area contributed by atoms with Crippen LogP contribution in [-0.4, -0.2) is 18.3 Å². The Kier molecular flexibility index (Phi) is 4.37. The molecule has 0 aromatic heterocycles. The van der Waals surface area contributed by atoms with Gasteiger partial charge in [0.05, 0.1) is 11.2 Å². The maximum atomic E-state index is 15.1. The fourth-order valence-corrected chi connectivity index (χ4v) is 3.42. The van der Waals surface area contributed by atoms with Gasteiger partial charge in [0.1, 0.15) is 5.73 Å². The van der Waals surface area contributed by atoms with E-state index in [1.165, 1.54) is 0 Å². The number of rotatable bonds is 2. The van der Waals surface area contributed by atoms with Gasteiger partial charge in [-0.2, -0.15) is 0 Å². The highest BCUT2D eigenvalue weighted by Crippen LogP contribution is 2.45. The van der Waals surface area contributed by atoms with Gasteiger partial charge in [0.25, 0.3) is 0 Å². The molecule has 1 heterocycles. The zero-order valence-electron chi connectivity index (χ0n) is 14.2. The van der Waals surface area contributed by atoms with Gasteiger partial charge in [0.2, 0.25) is 0 Å². The maximum Gasteiger partial charge on any atom is 0.525 e. The molecule has 2 fully saturated rings. The van der Waals surface area contributed by atoms with Crippen LogP contribution in [0.4, 0.5) is 4.39 Å². The summed E-state index contributed by atoms with van der Waals surface area (Å²) < 4.78 is 26.8. The summed E-state index contributed by atoms with van der Waals surface area (Å²) in [5.41, 5.74) is 0.619. The first-order valence-corrected chi connectivity index (χ1v) is 8.58. The van der Waals surface area contributed by atoms with E-state index in [0.717, 1.165) is 30.4 Å². The van der Waals surface area contributed by atoms with Gasteiger partial charge >= 0.3 is 7.12 Å². The third kappa shape index (κ3) is 3.09. The molecule has 3 rings (SSSR count). The Morgan fingerprint density at radius 3 is 2.26 bits per heavy atom. The van der Waals surface area contributed by atoms with Crippen LogP contribution < -0.4 is 0 Å². The van der Waals surface area contributed by atoms with E-state index in [-0.39, 0.29) is 11.6 Å². The second-order valence-electron chi connectivity index (χ2n) is 7.46. The van der Waals surface area contributed by atoms with Crippen molar-refractivity contribution in [3.63, 3.8) is 0 Å². The Hall–Kier alpha value is -0.835. The van der Waals surface area contributed by atoms with Gasteiger partial charge in [-0.05, 0) is 70.2 Å². The van der Waals surface area contributed by atoms with Crippen LogP contribution in [0.25, 0.3) is 0 Å². The predicted octanol–water partition coefficient (Wildman–Crippen LogP) is 5.46. The Balaban J connectivity index is 1.89. The quantitative estimate of drug-likeness (QED) is 0.667. The lowest BCUT2D eigenvalue weighted by Gasteiger charge is -2.32. The van der Waals surface area contributed by atoms with Crippen molar-refractivity contribution in [3.05, 3.63) is 46.2 Å². The van der Waals surface area contributed by atoms with Gasteiger partial charge in [0, 0.05) is 10.9 Å². The second kappa shape index (κ2) is 5.91. The highest BCUT2D eigenvalue weighted by atomic mass is 35.5. The molecule has 5 heteroatoms. The van der Waals surface area contributed by atoms with Crippen LogP contribution in [0.5, 0.6) is 0 Å². The molecule has 23 heavy (non-hydrogen) atoms. The van der Waals surface area contributed by atoms with Gasteiger partial charge in [-0.1, -0.05) is 23.7 Å². The highest BCUT2D eigenvalue weighted by molar-refractivity contribution is 6.53. The molecule has 1 aliphatic heterocycles. The molecule has 1 saturated carbocycles. The third-order valence-electron chi connectivity index (χ3n) is 5.40. The molecule has 0 spiro atoms. The second-order valence-corrected chi connectivity index (χ2v) is 7.89. The molecule has 124 valence electrons. The Bertz CT molecular complexity index is 608. The van der Waals surface area contributed by atoms with E-state index in [1.54, 1.807) is 0 Å². The first-order chi connectivity index (χ1) is 10.7. The van der Waals surface area contributed by atoms with Gasteiger partial charge < -0.3 is 9.31 Å². The van der Waals surface area contributed by atoms with Crippen molar-refractivity contribution in [2.24, 2.45) is 0 Å². The monoisotopic (exact) mass is 336 g/mol. The van der Waals surface area contributed by atoms with E-state index in [4.69, 9.17) is 20.9 Å². The van der Waals surface area contributed by atoms with Crippen LogP contribution in [0, 0.1) is 0 Å². The molecule has 1 aliphatic carbocycles. The van der Waals surface area contributed by atoms with Gasteiger partial charge in [-0.15, -0.1) is 0 Å². The van der Waals surface area contributed by atoms with Crippen molar-refractivity contribution in [2.45, 2.75) is 64.1 Å². The van der Waals surface area contributed by atoms with Crippen molar-refractivity contribution in [1.82, 2.24) is 0 Å². The molecule has 0 N–H and O–H groups in total. The van der Waals surface area contributed by atoms with Crippen LogP contribution >= 0.6 is 11.6 Å². The Labute approximate surface area is 143 Å². The molecule has 0 bridgehead atoms. The molecule has 1 aromatic carbocycles. The minimum absolute atomic E-state index is 0.0892. The fourth-order valence-electron chi connectivity index (χ4n) is 3.29. The average molecular weight is 337 g/mol. The Morgan fingerprint density at radius 1 is 1.13 bits per heavy atom. The summed E-state index contributed by atoms with van der Waals surface area (Å²) in [6.07, 6.45) is 2.68. The van der Waals surface area contributed by atoms with Gasteiger partial charge in [0.15, 0.2) is 0 Å². The normalized spacial score (nSPS) is 28.3. The molecule has 1 saturated heterocycles. The Morgan fingerprint density at radius 2 is 1.70 bits per heavy atom. The molecule has 2 nitrogen and oxygen atoms in total. The van der Waals surface area contributed by atoms with Crippen molar-refractivity contribution in [2.75, 3.05) is 0 Å². The molecule has 1 unspecified atom stereocenters. The number of hydrogen-bond acceptors (Lipinski definition) is 2. The first kappa shape index (κ1) is 17.0. The number of benzene rings is 1. The van der Waals surface area contributed by atoms with E-state index < -0.39 is 18.3 Å².